The molecular weight excluding hydrogens is 222 g/mol. The van der Waals surface area contributed by atoms with Crippen LogP contribution in [0.3, 0.4) is 0 Å². The summed E-state index contributed by atoms with van der Waals surface area (Å²) in [7, 11) is 0. The maximum Gasteiger partial charge on any atom is 0.333 e. The highest BCUT2D eigenvalue weighted by atomic mass is 32.2. The normalized spacial score (nSPS) is 12.6. The number of carboxylic acids is 1. The number of hydrogen-bond donors (Lipinski definition) is 1. The summed E-state index contributed by atoms with van der Waals surface area (Å²) in [4.78, 5) is 14.7. The first kappa shape index (κ1) is 11.5. The largest absolute Gasteiger partial charge is 0.479 e. The molecule has 0 saturated heterocycles. The highest BCUT2D eigenvalue weighted by Crippen LogP contribution is 2.21. The second-order valence-corrected chi connectivity index (χ2v) is 4.55. The van der Waals surface area contributed by atoms with Crippen molar-refractivity contribution in [3.63, 3.8) is 0 Å². The van der Waals surface area contributed by atoms with Crippen molar-refractivity contribution in [3.05, 3.63) is 11.6 Å². The van der Waals surface area contributed by atoms with Gasteiger partial charge >= 0.3 is 5.97 Å². The molecule has 0 bridgehead atoms. The van der Waals surface area contributed by atoms with E-state index in [-0.39, 0.29) is 0 Å². The van der Waals surface area contributed by atoms with E-state index in [0.29, 0.717) is 12.4 Å². The Morgan fingerprint density at radius 1 is 1.86 bits per heavy atom. The third-order valence-electron chi connectivity index (χ3n) is 1.41. The zero-order valence-corrected chi connectivity index (χ0v) is 9.31. The Balaban J connectivity index is 2.37. The molecule has 0 fully saturated rings. The second-order valence-electron chi connectivity index (χ2n) is 2.39. The molecule has 1 atom stereocenters. The van der Waals surface area contributed by atoms with E-state index in [4.69, 9.17) is 9.84 Å². The SMILES string of the molecule is CCOC(CSc1nccs1)C(=O)O. The fourth-order valence-corrected chi connectivity index (χ4v) is 2.49. The Morgan fingerprint density at radius 3 is 3.14 bits per heavy atom. The highest BCUT2D eigenvalue weighted by molar-refractivity contribution is 8.01. The summed E-state index contributed by atoms with van der Waals surface area (Å²) in [5, 5.41) is 10.6. The predicted octanol–water partition coefficient (Wildman–Crippen LogP) is 1.72. The van der Waals surface area contributed by atoms with Crippen LogP contribution in [0, 0.1) is 0 Å². The number of rotatable bonds is 6. The molecule has 0 saturated carbocycles. The lowest BCUT2D eigenvalue weighted by molar-refractivity contribution is -0.148. The molecule has 14 heavy (non-hydrogen) atoms. The van der Waals surface area contributed by atoms with Crippen molar-refractivity contribution in [1.29, 1.82) is 0 Å². The van der Waals surface area contributed by atoms with Crippen molar-refractivity contribution >= 4 is 29.1 Å². The van der Waals surface area contributed by atoms with Gasteiger partial charge in [-0.15, -0.1) is 11.3 Å². The van der Waals surface area contributed by atoms with E-state index in [9.17, 15) is 4.79 Å². The first-order valence-corrected chi connectivity index (χ1v) is 5.97. The predicted molar refractivity (Wildman–Crippen MR) is 55.9 cm³/mol. The van der Waals surface area contributed by atoms with Gasteiger partial charge in [0.15, 0.2) is 6.10 Å². The lowest BCUT2D eigenvalue weighted by Crippen LogP contribution is -2.26. The molecule has 1 N–H and O–H groups in total. The molecule has 78 valence electrons. The van der Waals surface area contributed by atoms with Crippen LogP contribution in [0.2, 0.25) is 0 Å². The average Bonchev–Trinajstić information content (AvgIpc) is 2.64. The fourth-order valence-electron chi connectivity index (χ4n) is 0.820. The Labute approximate surface area is 90.3 Å². The number of aliphatic carboxylic acids is 1. The molecule has 0 aliphatic heterocycles. The van der Waals surface area contributed by atoms with Crippen LogP contribution in [0.1, 0.15) is 6.92 Å². The highest BCUT2D eigenvalue weighted by Gasteiger charge is 2.17. The third-order valence-corrected chi connectivity index (χ3v) is 3.44. The van der Waals surface area contributed by atoms with Gasteiger partial charge in [-0.25, -0.2) is 9.78 Å². The van der Waals surface area contributed by atoms with Gasteiger partial charge in [0.05, 0.1) is 0 Å². The lowest BCUT2D eigenvalue weighted by atomic mass is 10.4. The van der Waals surface area contributed by atoms with Crippen molar-refractivity contribution in [1.82, 2.24) is 4.98 Å². The van der Waals surface area contributed by atoms with Gasteiger partial charge < -0.3 is 9.84 Å². The number of thioether (sulfide) groups is 1. The molecule has 1 aromatic rings. The van der Waals surface area contributed by atoms with Crippen molar-refractivity contribution in [2.24, 2.45) is 0 Å². The molecule has 0 radical (unpaired) electrons. The Morgan fingerprint density at radius 2 is 2.64 bits per heavy atom. The number of aromatic nitrogens is 1. The average molecular weight is 233 g/mol. The summed E-state index contributed by atoms with van der Waals surface area (Å²) < 4.78 is 5.93. The summed E-state index contributed by atoms with van der Waals surface area (Å²) in [5.74, 6) is -0.521. The first-order valence-electron chi connectivity index (χ1n) is 4.10. The molecule has 0 aliphatic carbocycles. The quantitative estimate of drug-likeness (QED) is 0.758. The van der Waals surface area contributed by atoms with Gasteiger partial charge in [-0.1, -0.05) is 11.8 Å². The molecule has 0 aromatic carbocycles. The summed E-state index contributed by atoms with van der Waals surface area (Å²) in [6.45, 7) is 2.19. The minimum Gasteiger partial charge on any atom is -0.479 e. The maximum atomic E-state index is 10.7. The molecule has 0 amide bonds. The Bertz CT molecular complexity index is 276. The Hall–Kier alpha value is -0.590. The smallest absolute Gasteiger partial charge is 0.333 e. The standard InChI is InChI=1S/C8H11NO3S2/c1-2-12-6(7(10)11)5-14-8-9-3-4-13-8/h3-4,6H,2,5H2,1H3,(H,10,11). The second kappa shape index (κ2) is 6.00. The lowest BCUT2D eigenvalue weighted by Gasteiger charge is -2.10. The van der Waals surface area contributed by atoms with Gasteiger partial charge in [-0.3, -0.25) is 0 Å². The summed E-state index contributed by atoms with van der Waals surface area (Å²) in [6, 6.07) is 0. The van der Waals surface area contributed by atoms with Gasteiger partial charge in [0, 0.05) is 23.9 Å². The van der Waals surface area contributed by atoms with E-state index in [1.165, 1.54) is 23.1 Å². The minimum atomic E-state index is -0.920. The fraction of sp³-hybridized carbons (Fsp3) is 0.500. The molecular formula is C8H11NO3S2. The van der Waals surface area contributed by atoms with Crippen LogP contribution in [0.25, 0.3) is 0 Å². The van der Waals surface area contributed by atoms with Crippen molar-refractivity contribution in [2.45, 2.75) is 17.4 Å². The van der Waals surface area contributed by atoms with E-state index < -0.39 is 12.1 Å². The molecule has 1 heterocycles. The molecule has 0 aliphatic rings. The minimum absolute atomic E-state index is 0.399. The number of carbonyl (C=O) groups is 1. The molecule has 1 rings (SSSR count). The van der Waals surface area contributed by atoms with Gasteiger partial charge in [-0.2, -0.15) is 0 Å². The van der Waals surface area contributed by atoms with Crippen LogP contribution in [0.15, 0.2) is 15.9 Å². The Kier molecular flexibility index (Phi) is 4.92. The van der Waals surface area contributed by atoms with E-state index in [1.807, 2.05) is 5.38 Å². The maximum absolute atomic E-state index is 10.7. The molecule has 0 spiro atoms. The van der Waals surface area contributed by atoms with Crippen molar-refractivity contribution < 1.29 is 14.6 Å². The third kappa shape index (κ3) is 3.65. The topological polar surface area (TPSA) is 59.4 Å². The van der Waals surface area contributed by atoms with Crippen molar-refractivity contribution in [3.8, 4) is 0 Å². The van der Waals surface area contributed by atoms with Gasteiger partial charge in [0.25, 0.3) is 0 Å². The van der Waals surface area contributed by atoms with Gasteiger partial charge in [-0.05, 0) is 6.92 Å². The van der Waals surface area contributed by atoms with Crippen LogP contribution < -0.4 is 0 Å². The number of thiazole rings is 1. The van der Waals surface area contributed by atoms with E-state index in [2.05, 4.69) is 4.98 Å². The van der Waals surface area contributed by atoms with Crippen LogP contribution in [-0.4, -0.2) is 34.5 Å². The van der Waals surface area contributed by atoms with E-state index in [0.717, 1.165) is 4.34 Å². The summed E-state index contributed by atoms with van der Waals surface area (Å²) in [6.07, 6.45) is 0.956. The van der Waals surface area contributed by atoms with Crippen LogP contribution in [0.4, 0.5) is 0 Å². The van der Waals surface area contributed by atoms with Gasteiger partial charge in [0.1, 0.15) is 4.34 Å². The number of nitrogens with zero attached hydrogens (tertiary/aromatic N) is 1. The van der Waals surface area contributed by atoms with Crippen molar-refractivity contribution in [2.75, 3.05) is 12.4 Å². The number of carboxylic acid groups (broad SMARTS) is 1. The molecule has 1 aromatic heterocycles. The van der Waals surface area contributed by atoms with Crippen LogP contribution in [-0.2, 0) is 9.53 Å². The van der Waals surface area contributed by atoms with Gasteiger partial charge in [0.2, 0.25) is 0 Å². The monoisotopic (exact) mass is 233 g/mol. The molecule has 1 unspecified atom stereocenters. The zero-order chi connectivity index (χ0) is 10.4. The van der Waals surface area contributed by atoms with E-state index >= 15 is 0 Å². The van der Waals surface area contributed by atoms with Crippen LogP contribution >= 0.6 is 23.1 Å². The first-order chi connectivity index (χ1) is 6.74. The zero-order valence-electron chi connectivity index (χ0n) is 7.67. The molecule has 4 nitrogen and oxygen atoms in total. The molecule has 6 heteroatoms. The van der Waals surface area contributed by atoms with E-state index in [1.54, 1.807) is 13.1 Å². The number of hydrogen-bond acceptors (Lipinski definition) is 5. The summed E-state index contributed by atoms with van der Waals surface area (Å²) in [5.41, 5.74) is 0. The van der Waals surface area contributed by atoms with Crippen LogP contribution in [0.5, 0.6) is 0 Å². The number of ether oxygens (including phenoxy) is 1. The summed E-state index contributed by atoms with van der Waals surface area (Å²) >= 11 is 2.90.